The molecule has 2 N–H and O–H groups in total. The van der Waals surface area contributed by atoms with Crippen molar-refractivity contribution in [3.63, 3.8) is 0 Å². The van der Waals surface area contributed by atoms with Crippen LogP contribution in [0.1, 0.15) is 53.9 Å². The zero-order valence-corrected chi connectivity index (χ0v) is 17.2. The lowest BCUT2D eigenvalue weighted by Crippen LogP contribution is -2.17. The number of ether oxygens (including phenoxy) is 1. The second kappa shape index (κ2) is 8.38. The van der Waals surface area contributed by atoms with Crippen molar-refractivity contribution in [1.29, 1.82) is 0 Å². The van der Waals surface area contributed by atoms with Gasteiger partial charge in [-0.15, -0.1) is 0 Å². The fraction of sp³-hybridized carbons (Fsp3) is 0.421. The molecule has 3 rings (SSSR count). The molecular weight excluding hydrogens is 434 g/mol. The van der Waals surface area contributed by atoms with Gasteiger partial charge in [0.1, 0.15) is 0 Å². The molecule has 28 heavy (non-hydrogen) atoms. The molecule has 2 heterocycles. The molecule has 1 aliphatic rings. The number of rotatable bonds is 6. The van der Waals surface area contributed by atoms with Gasteiger partial charge in [0.2, 0.25) is 0 Å². The summed E-state index contributed by atoms with van der Waals surface area (Å²) in [7, 11) is 0. The maximum Gasteiger partial charge on any atom is 0.337 e. The Kier molecular flexibility index (Phi) is 6.12. The second-order valence-electron chi connectivity index (χ2n) is 6.51. The summed E-state index contributed by atoms with van der Waals surface area (Å²) in [6, 6.07) is 0.300. The molecule has 0 saturated carbocycles. The summed E-state index contributed by atoms with van der Waals surface area (Å²) in [4.78, 5) is 21.1. The number of anilines is 1. The fourth-order valence-electron chi connectivity index (χ4n) is 3.28. The van der Waals surface area contributed by atoms with E-state index in [-0.39, 0.29) is 23.4 Å². The predicted molar refractivity (Wildman–Crippen MR) is 106 cm³/mol. The zero-order valence-electron chi connectivity index (χ0n) is 15.6. The number of alkyl halides is 2. The van der Waals surface area contributed by atoms with Crippen molar-refractivity contribution >= 4 is 33.8 Å². The van der Waals surface area contributed by atoms with Gasteiger partial charge >= 0.3 is 5.97 Å². The van der Waals surface area contributed by atoms with Crippen molar-refractivity contribution in [2.24, 2.45) is 4.99 Å². The number of carbonyl (C=O) groups is 1. The van der Waals surface area contributed by atoms with E-state index in [0.717, 1.165) is 25.1 Å². The highest BCUT2D eigenvalue weighted by atomic mass is 79.9. The molecule has 1 unspecified atom stereocenters. The van der Waals surface area contributed by atoms with Gasteiger partial charge in [0, 0.05) is 39.7 Å². The molecule has 2 aromatic rings. The summed E-state index contributed by atoms with van der Waals surface area (Å²) < 4.78 is 34.7. The number of nitrogens with two attached hydrogens (primary N) is 1. The van der Waals surface area contributed by atoms with Crippen LogP contribution in [0.4, 0.5) is 14.5 Å². The molecule has 0 bridgehead atoms. The number of carbonyl (C=O) groups excluding carboxylic acids is 1. The van der Waals surface area contributed by atoms with E-state index in [2.05, 4.69) is 25.9 Å². The van der Waals surface area contributed by atoms with Crippen LogP contribution in [0, 0.1) is 6.92 Å². The maximum absolute atomic E-state index is 13.5. The van der Waals surface area contributed by atoms with Gasteiger partial charge in [0.15, 0.2) is 6.04 Å². The minimum Gasteiger partial charge on any atom is -0.464 e. The average Bonchev–Trinajstić information content (AvgIpc) is 3.26. The smallest absolute Gasteiger partial charge is 0.337 e. The van der Waals surface area contributed by atoms with Crippen molar-refractivity contribution in [2.45, 2.75) is 45.7 Å². The van der Waals surface area contributed by atoms with E-state index < -0.39 is 18.4 Å². The fourth-order valence-corrected chi connectivity index (χ4v) is 3.74. The number of nitrogens with zero attached hydrogens (tertiary/aromatic N) is 3. The van der Waals surface area contributed by atoms with Crippen LogP contribution in [-0.2, 0) is 22.5 Å². The minimum absolute atomic E-state index is 0.0980. The lowest BCUT2D eigenvalue weighted by molar-refractivity contribution is -0.144. The Balaban J connectivity index is 2.05. The van der Waals surface area contributed by atoms with Crippen molar-refractivity contribution < 1.29 is 18.3 Å². The van der Waals surface area contributed by atoms with E-state index in [1.165, 1.54) is 12.3 Å². The Hall–Kier alpha value is -2.29. The SMILES string of the molecule is CCOC(=O)C(N=Cc1c(C(F)F)cc(Br)c(C)c1N)c1ncn2c1CCC2. The van der Waals surface area contributed by atoms with Crippen molar-refractivity contribution in [3.8, 4) is 0 Å². The first-order chi connectivity index (χ1) is 13.3. The Morgan fingerprint density at radius 1 is 1.54 bits per heavy atom. The molecule has 0 saturated heterocycles. The van der Waals surface area contributed by atoms with Gasteiger partial charge in [0.05, 0.1) is 18.6 Å². The Morgan fingerprint density at radius 2 is 2.29 bits per heavy atom. The average molecular weight is 455 g/mol. The lowest BCUT2D eigenvalue weighted by atomic mass is 10.0. The van der Waals surface area contributed by atoms with E-state index in [9.17, 15) is 13.6 Å². The number of halogens is 3. The van der Waals surface area contributed by atoms with Gasteiger partial charge in [0.25, 0.3) is 6.43 Å². The van der Waals surface area contributed by atoms with Crippen molar-refractivity contribution in [2.75, 3.05) is 12.3 Å². The van der Waals surface area contributed by atoms with Crippen LogP contribution >= 0.6 is 15.9 Å². The van der Waals surface area contributed by atoms with Crippen LogP contribution in [0.25, 0.3) is 0 Å². The van der Waals surface area contributed by atoms with Gasteiger partial charge < -0.3 is 15.0 Å². The van der Waals surface area contributed by atoms with Gasteiger partial charge in [-0.25, -0.2) is 18.6 Å². The normalized spacial score (nSPS) is 14.6. The maximum atomic E-state index is 13.5. The minimum atomic E-state index is -2.74. The number of aryl methyl sites for hydroxylation is 1. The zero-order chi connectivity index (χ0) is 20.4. The molecule has 1 aliphatic heterocycles. The Morgan fingerprint density at radius 3 is 2.96 bits per heavy atom. The molecular formula is C19H21BrF2N4O2. The standard InChI is InChI=1S/C19H21BrF2N4O2/c1-3-28-19(27)17(16-14-5-4-6-26(14)9-25-16)24-8-12-11(18(21)22)7-13(20)10(2)15(12)23/h7-9,17-18H,3-6,23H2,1-2H3. The highest BCUT2D eigenvalue weighted by Gasteiger charge is 2.29. The number of aliphatic imine (C=N–C) groups is 1. The van der Waals surface area contributed by atoms with Crippen LogP contribution in [0.3, 0.4) is 0 Å². The first-order valence-electron chi connectivity index (χ1n) is 8.95. The molecule has 6 nitrogen and oxygen atoms in total. The van der Waals surface area contributed by atoms with E-state index in [1.54, 1.807) is 20.2 Å². The number of imidazole rings is 1. The van der Waals surface area contributed by atoms with Gasteiger partial charge in [-0.1, -0.05) is 15.9 Å². The van der Waals surface area contributed by atoms with E-state index >= 15 is 0 Å². The molecule has 0 spiro atoms. The summed E-state index contributed by atoms with van der Waals surface area (Å²) in [5.74, 6) is -0.571. The molecule has 0 aliphatic carbocycles. The molecule has 150 valence electrons. The highest BCUT2D eigenvalue weighted by Crippen LogP contribution is 2.34. The first kappa shape index (κ1) is 20.4. The third kappa shape index (κ3) is 3.80. The topological polar surface area (TPSA) is 82.5 Å². The first-order valence-corrected chi connectivity index (χ1v) is 9.74. The van der Waals surface area contributed by atoms with Crippen LogP contribution in [0.15, 0.2) is 21.9 Å². The second-order valence-corrected chi connectivity index (χ2v) is 7.36. The lowest BCUT2D eigenvalue weighted by Gasteiger charge is -2.14. The molecule has 0 radical (unpaired) electrons. The summed E-state index contributed by atoms with van der Waals surface area (Å²) >= 11 is 3.24. The summed E-state index contributed by atoms with van der Waals surface area (Å²) in [5, 5.41) is 0. The molecule has 0 amide bonds. The monoisotopic (exact) mass is 454 g/mol. The van der Waals surface area contributed by atoms with Crippen LogP contribution in [-0.4, -0.2) is 28.3 Å². The number of benzene rings is 1. The third-order valence-electron chi connectivity index (χ3n) is 4.79. The van der Waals surface area contributed by atoms with Gasteiger partial charge in [-0.05, 0) is 38.3 Å². The number of hydrogen-bond acceptors (Lipinski definition) is 5. The van der Waals surface area contributed by atoms with Crippen LogP contribution < -0.4 is 5.73 Å². The molecule has 1 atom stereocenters. The number of esters is 1. The number of aromatic nitrogens is 2. The van der Waals surface area contributed by atoms with Gasteiger partial charge in [-0.2, -0.15) is 0 Å². The van der Waals surface area contributed by atoms with Crippen LogP contribution in [0.5, 0.6) is 0 Å². The van der Waals surface area contributed by atoms with E-state index in [1.807, 2.05) is 4.57 Å². The van der Waals surface area contributed by atoms with Crippen molar-refractivity contribution in [1.82, 2.24) is 9.55 Å². The predicted octanol–water partition coefficient (Wildman–Crippen LogP) is 4.14. The van der Waals surface area contributed by atoms with Gasteiger partial charge in [-0.3, -0.25) is 4.99 Å². The summed E-state index contributed by atoms with van der Waals surface area (Å²) in [6.07, 6.45) is 1.90. The molecule has 1 aromatic heterocycles. The molecule has 0 fully saturated rings. The Labute approximate surface area is 169 Å². The summed E-state index contributed by atoms with van der Waals surface area (Å²) in [6.45, 7) is 4.43. The molecule has 9 heteroatoms. The van der Waals surface area contributed by atoms with E-state index in [4.69, 9.17) is 10.5 Å². The molecule has 1 aromatic carbocycles. The Bertz CT molecular complexity index is 927. The number of fused-ring (bicyclic) bond motifs is 1. The largest absolute Gasteiger partial charge is 0.464 e. The summed E-state index contributed by atoms with van der Waals surface area (Å²) in [5.41, 5.74) is 8.14. The van der Waals surface area contributed by atoms with Crippen molar-refractivity contribution in [3.05, 3.63) is 44.9 Å². The highest BCUT2D eigenvalue weighted by molar-refractivity contribution is 9.10. The van der Waals surface area contributed by atoms with E-state index in [0.29, 0.717) is 15.7 Å². The van der Waals surface area contributed by atoms with Crippen LogP contribution in [0.2, 0.25) is 0 Å². The quantitative estimate of drug-likeness (QED) is 0.403. The third-order valence-corrected chi connectivity index (χ3v) is 5.62. The number of nitrogen functional groups attached to an aromatic ring is 1. The number of hydrogen-bond donors (Lipinski definition) is 1.